The molecule has 2 unspecified atom stereocenters. The lowest BCUT2D eigenvalue weighted by Gasteiger charge is -2.41. The molecule has 408 valence electrons. The van der Waals surface area contributed by atoms with Crippen molar-refractivity contribution in [3.63, 3.8) is 0 Å². The molecule has 0 saturated carbocycles. The topological polar surface area (TPSA) is 295 Å². The van der Waals surface area contributed by atoms with E-state index in [-0.39, 0.29) is 98.2 Å². The highest BCUT2D eigenvalue weighted by molar-refractivity contribution is 5.93. The van der Waals surface area contributed by atoms with Crippen LogP contribution in [0.1, 0.15) is 99.5 Å². The van der Waals surface area contributed by atoms with Crippen LogP contribution in [0.25, 0.3) is 0 Å². The fourth-order valence-corrected chi connectivity index (χ4v) is 9.65. The SMILES string of the molecule is CCC(C)[C@@H]([C@@H](CC(=O)N1CCC[C@H]1[C@H](OC)[C@@H](C)C(C)=O)OC)N(C)C(=O)[C@@H](CC(=O)[C@H](C(C)C)N(C)C(=O)OCc1ccc(O[C@@H]2NC[C@@H](O)[C@H](O)C2O)c(NC(=O)CCNC(=O)CNO)c1)C(C)C. The molecular formula is C50H83N7O15. The highest BCUT2D eigenvalue weighted by Gasteiger charge is 2.43. The van der Waals surface area contributed by atoms with Gasteiger partial charge in [-0.1, -0.05) is 61.0 Å². The molecule has 2 aliphatic rings. The van der Waals surface area contributed by atoms with E-state index in [0.717, 1.165) is 6.42 Å². The Kier molecular flexibility index (Phi) is 24.9. The quantitative estimate of drug-likeness (QED) is 0.0556. The van der Waals surface area contributed by atoms with Crippen molar-refractivity contribution < 1.29 is 73.0 Å². The molecule has 0 radical (unpaired) electrons. The molecule has 2 fully saturated rings. The molecular weight excluding hydrogens is 939 g/mol. The van der Waals surface area contributed by atoms with Gasteiger partial charge in [-0.15, -0.1) is 0 Å². The molecule has 3 rings (SSSR count). The predicted molar refractivity (Wildman–Crippen MR) is 264 cm³/mol. The number of aliphatic hydroxyl groups excluding tert-OH is 3. The van der Waals surface area contributed by atoms with Crippen molar-refractivity contribution in [3.05, 3.63) is 23.8 Å². The number of piperidine rings is 1. The number of likely N-dealkylation sites (tertiary alicyclic amines) is 1. The van der Waals surface area contributed by atoms with Gasteiger partial charge in [-0.05, 0) is 55.2 Å². The third-order valence-corrected chi connectivity index (χ3v) is 14.1. The first-order valence-corrected chi connectivity index (χ1v) is 25.0. The zero-order valence-corrected chi connectivity index (χ0v) is 44.2. The molecule has 1 aromatic carbocycles. The molecule has 22 heteroatoms. The molecule has 0 bridgehead atoms. The number of anilines is 1. The van der Waals surface area contributed by atoms with Crippen molar-refractivity contribution in [2.45, 2.75) is 155 Å². The fraction of sp³-hybridized carbons (Fsp3) is 0.740. The molecule has 1 aromatic rings. The summed E-state index contributed by atoms with van der Waals surface area (Å²) < 4.78 is 23.4. The minimum Gasteiger partial charge on any atom is -0.470 e. The fourth-order valence-electron chi connectivity index (χ4n) is 9.65. The van der Waals surface area contributed by atoms with Crippen molar-refractivity contribution in [2.24, 2.45) is 29.6 Å². The van der Waals surface area contributed by atoms with Gasteiger partial charge in [0.1, 0.15) is 30.3 Å². The van der Waals surface area contributed by atoms with Gasteiger partial charge in [-0.25, -0.2) is 4.79 Å². The number of rotatable bonds is 28. The van der Waals surface area contributed by atoms with Gasteiger partial charge in [-0.2, -0.15) is 5.48 Å². The number of benzene rings is 1. The Balaban J connectivity index is 1.79. The average Bonchev–Trinajstić information content (AvgIpc) is 3.82. The minimum absolute atomic E-state index is 0.0171. The van der Waals surface area contributed by atoms with E-state index in [4.69, 9.17) is 24.2 Å². The average molecular weight is 1020 g/mol. The highest BCUT2D eigenvalue weighted by atomic mass is 16.6. The van der Waals surface area contributed by atoms with Crippen LogP contribution in [0.2, 0.25) is 0 Å². The van der Waals surface area contributed by atoms with Crippen LogP contribution >= 0.6 is 0 Å². The second-order valence-corrected chi connectivity index (χ2v) is 19.9. The van der Waals surface area contributed by atoms with Gasteiger partial charge < -0.3 is 64.8 Å². The second-order valence-electron chi connectivity index (χ2n) is 19.9. The summed E-state index contributed by atoms with van der Waals surface area (Å²) in [5, 5.41) is 47.4. The predicted octanol–water partition coefficient (Wildman–Crippen LogP) is 1.83. The Morgan fingerprint density at radius 2 is 1.58 bits per heavy atom. The number of likely N-dealkylation sites (N-methyl/N-ethyl adjacent to an activating group) is 2. The Hall–Kier alpha value is -4.81. The van der Waals surface area contributed by atoms with Crippen molar-refractivity contribution in [1.82, 2.24) is 30.8 Å². The van der Waals surface area contributed by atoms with Crippen molar-refractivity contribution >= 4 is 47.0 Å². The number of ether oxygens (including phenoxy) is 4. The number of amides is 5. The molecule has 2 saturated heterocycles. The molecule has 22 nitrogen and oxygen atoms in total. The van der Waals surface area contributed by atoms with Crippen LogP contribution in [0.5, 0.6) is 5.75 Å². The van der Waals surface area contributed by atoms with Crippen LogP contribution in [-0.4, -0.2) is 186 Å². The van der Waals surface area contributed by atoms with Crippen molar-refractivity contribution in [1.29, 1.82) is 0 Å². The number of carbonyl (C=O) groups excluding carboxylic acids is 7. The van der Waals surface area contributed by atoms with Crippen molar-refractivity contribution in [2.75, 3.05) is 59.8 Å². The summed E-state index contributed by atoms with van der Waals surface area (Å²) in [6.07, 6.45) is -5.79. The molecule has 2 heterocycles. The largest absolute Gasteiger partial charge is 0.470 e. The third kappa shape index (κ3) is 16.6. The van der Waals surface area contributed by atoms with E-state index >= 15 is 0 Å². The number of aliphatic hydroxyl groups is 3. The van der Waals surface area contributed by atoms with Gasteiger partial charge in [-0.3, -0.25) is 34.1 Å². The second kappa shape index (κ2) is 29.2. The molecule has 8 N–H and O–H groups in total. The number of nitrogens with zero attached hydrogens (tertiary/aromatic N) is 3. The van der Waals surface area contributed by atoms with E-state index in [1.807, 2.05) is 34.6 Å². The van der Waals surface area contributed by atoms with Gasteiger partial charge in [0.25, 0.3) is 0 Å². The highest BCUT2D eigenvalue weighted by Crippen LogP contribution is 2.32. The number of ketones is 2. The lowest BCUT2D eigenvalue weighted by atomic mass is 9.83. The molecule has 72 heavy (non-hydrogen) atoms. The Labute approximate surface area is 424 Å². The van der Waals surface area contributed by atoms with Crippen LogP contribution in [0.4, 0.5) is 10.5 Å². The van der Waals surface area contributed by atoms with Crippen LogP contribution in [0.15, 0.2) is 18.2 Å². The summed E-state index contributed by atoms with van der Waals surface area (Å²) in [6.45, 7) is 14.2. The number of Topliss-reactive ketones (excluding diaryl/α,β-unsaturated/α-hetero) is 2. The Morgan fingerprint density at radius 3 is 2.17 bits per heavy atom. The molecule has 0 aliphatic carbocycles. The third-order valence-electron chi connectivity index (χ3n) is 14.1. The van der Waals surface area contributed by atoms with Gasteiger partial charge in [0.15, 0.2) is 12.0 Å². The van der Waals surface area contributed by atoms with Crippen LogP contribution in [0, 0.1) is 29.6 Å². The van der Waals surface area contributed by atoms with Gasteiger partial charge >= 0.3 is 6.09 Å². The maximum Gasteiger partial charge on any atom is 0.410 e. The number of nitrogens with one attached hydrogen (secondary N) is 4. The van der Waals surface area contributed by atoms with E-state index < -0.39 is 84.5 Å². The smallest absolute Gasteiger partial charge is 0.410 e. The monoisotopic (exact) mass is 1020 g/mol. The van der Waals surface area contributed by atoms with E-state index in [1.54, 1.807) is 43.3 Å². The first kappa shape index (κ1) is 61.5. The Bertz CT molecular complexity index is 1970. The minimum atomic E-state index is -1.55. The normalized spacial score (nSPS) is 22.0. The summed E-state index contributed by atoms with van der Waals surface area (Å²) in [5.41, 5.74) is 2.18. The molecule has 0 aromatic heterocycles. The van der Waals surface area contributed by atoms with E-state index in [2.05, 4.69) is 16.0 Å². The zero-order valence-electron chi connectivity index (χ0n) is 44.2. The Morgan fingerprint density at radius 1 is 0.903 bits per heavy atom. The number of hydroxylamine groups is 1. The molecule has 5 amide bonds. The van der Waals surface area contributed by atoms with E-state index in [1.165, 1.54) is 44.2 Å². The standard InChI is InChI=1S/C50H83N7O15/c1-13-29(6)44(39(69-11)23-42(63)57-20-14-15-35(57)47(70-12)30(7)31(8)58)55(9)49(66)33(27(2)3)22-36(59)43(28(4)5)56(10)50(67)71-26-32-16-17-38(72-48-46(65)45(64)37(60)24-52-48)34(21-32)54-40(61)18-19-51-41(62)25-53-68/h16-17,21,27-30,33,35,37,39,43-48,52-53,60,64-65,68H,13-15,18-20,22-26H2,1-12H3,(H,51,62)(H,54,61)/t29?,30-,33-,35-,37+,39+,43-,44-,45-,46?,47+,48-/m0/s1. The number of carbonyl (C=O) groups is 7. The summed E-state index contributed by atoms with van der Waals surface area (Å²) in [6, 6.07) is 2.62. The summed E-state index contributed by atoms with van der Waals surface area (Å²) in [7, 11) is 6.18. The first-order chi connectivity index (χ1) is 33.9. The summed E-state index contributed by atoms with van der Waals surface area (Å²) >= 11 is 0. The number of β-amino-alcohol motifs (C(OH)–C–C–N with tert-alkyl or cyclic N) is 1. The number of hydrogen-bond acceptors (Lipinski definition) is 17. The molecule has 0 spiro atoms. The van der Waals surface area contributed by atoms with Gasteiger partial charge in [0.05, 0.1) is 55.1 Å². The van der Waals surface area contributed by atoms with Gasteiger partial charge in [0, 0.05) is 72.6 Å². The van der Waals surface area contributed by atoms with Crippen LogP contribution < -0.4 is 26.2 Å². The summed E-state index contributed by atoms with van der Waals surface area (Å²) in [4.78, 5) is 98.5. The maximum absolute atomic E-state index is 14.7. The maximum atomic E-state index is 14.7. The van der Waals surface area contributed by atoms with Crippen LogP contribution in [0.3, 0.4) is 0 Å². The lowest BCUT2D eigenvalue weighted by Crippen LogP contribution is -2.61. The molecule has 12 atom stereocenters. The van der Waals surface area contributed by atoms with Crippen molar-refractivity contribution in [3.8, 4) is 5.75 Å². The first-order valence-electron chi connectivity index (χ1n) is 25.0. The van der Waals surface area contributed by atoms with E-state index in [9.17, 15) is 48.9 Å². The molecule has 2 aliphatic heterocycles. The number of hydrogen-bond donors (Lipinski definition) is 8. The van der Waals surface area contributed by atoms with E-state index in [0.29, 0.717) is 24.9 Å². The number of methoxy groups -OCH3 is 2. The zero-order chi connectivity index (χ0) is 54.1. The van der Waals surface area contributed by atoms with Crippen LogP contribution in [-0.2, 0) is 49.6 Å². The summed E-state index contributed by atoms with van der Waals surface area (Å²) in [5.74, 6) is -3.93. The lowest BCUT2D eigenvalue weighted by molar-refractivity contribution is -0.149. The van der Waals surface area contributed by atoms with Gasteiger partial charge in [0.2, 0.25) is 23.6 Å².